The van der Waals surface area contributed by atoms with Crippen LogP contribution in [0.4, 0.5) is 4.79 Å². The Kier molecular flexibility index (Phi) is 5.61. The second kappa shape index (κ2) is 6.98. The minimum absolute atomic E-state index is 0.0807. The van der Waals surface area contributed by atoms with Gasteiger partial charge >= 0.3 is 6.03 Å². The number of hydrogen-bond acceptors (Lipinski definition) is 1. The zero-order chi connectivity index (χ0) is 14.3. The smallest absolute Gasteiger partial charge is 0.318 e. The first kappa shape index (κ1) is 15.3. The molecule has 0 saturated heterocycles. The van der Waals surface area contributed by atoms with E-state index < -0.39 is 0 Å². The highest BCUT2D eigenvalue weighted by atomic mass is 16.2. The molecule has 1 aromatic rings. The molecule has 0 radical (unpaired) electrons. The molecule has 0 heterocycles. The Labute approximate surface area is 116 Å². The Morgan fingerprint density at radius 3 is 2.42 bits per heavy atom. The van der Waals surface area contributed by atoms with E-state index in [1.807, 2.05) is 25.1 Å². The van der Waals surface area contributed by atoms with Crippen LogP contribution in [-0.2, 0) is 6.42 Å². The van der Waals surface area contributed by atoms with E-state index in [2.05, 4.69) is 43.5 Å². The van der Waals surface area contributed by atoms with Crippen LogP contribution < -0.4 is 10.6 Å². The summed E-state index contributed by atoms with van der Waals surface area (Å²) in [4.78, 5) is 11.6. The third-order valence-corrected chi connectivity index (χ3v) is 3.14. The van der Waals surface area contributed by atoms with Crippen molar-refractivity contribution in [3.63, 3.8) is 0 Å². The van der Waals surface area contributed by atoms with Crippen molar-refractivity contribution in [2.24, 2.45) is 5.41 Å². The molecule has 1 aromatic carbocycles. The Bertz CT molecular complexity index is 430. The lowest BCUT2D eigenvalue weighted by atomic mass is 9.88. The topological polar surface area (TPSA) is 41.1 Å². The average Bonchev–Trinajstić information content (AvgIpc) is 2.36. The molecule has 0 saturated carbocycles. The highest BCUT2D eigenvalue weighted by Gasteiger charge is 2.12. The van der Waals surface area contributed by atoms with Crippen LogP contribution in [0.3, 0.4) is 0 Å². The van der Waals surface area contributed by atoms with Gasteiger partial charge in [-0.05, 0) is 24.3 Å². The Balaban J connectivity index is 2.29. The van der Waals surface area contributed by atoms with E-state index in [4.69, 9.17) is 0 Å². The molecule has 2 amide bonds. The minimum atomic E-state index is -0.153. The van der Waals surface area contributed by atoms with Crippen LogP contribution >= 0.6 is 0 Å². The van der Waals surface area contributed by atoms with Gasteiger partial charge in [-0.2, -0.15) is 0 Å². The predicted octanol–water partition coefficient (Wildman–Crippen LogP) is 3.48. The number of urea groups is 1. The van der Waals surface area contributed by atoms with Gasteiger partial charge in [0.2, 0.25) is 0 Å². The number of rotatable bonds is 4. The quantitative estimate of drug-likeness (QED) is 0.855. The summed E-state index contributed by atoms with van der Waals surface area (Å²) in [6, 6.07) is 9.96. The molecule has 0 aromatic heterocycles. The molecule has 3 nitrogen and oxygen atoms in total. The van der Waals surface area contributed by atoms with Crippen molar-refractivity contribution in [3.8, 4) is 0 Å². The van der Waals surface area contributed by atoms with Gasteiger partial charge in [-0.1, -0.05) is 56.7 Å². The largest absolute Gasteiger partial charge is 0.338 e. The minimum Gasteiger partial charge on any atom is -0.338 e. The molecule has 0 aliphatic heterocycles. The highest BCUT2D eigenvalue weighted by Crippen LogP contribution is 2.23. The SMILES string of the molecule is C/C(=C\NC(=O)NCCc1ccccc1)C(C)(C)C. The highest BCUT2D eigenvalue weighted by molar-refractivity contribution is 5.74. The van der Waals surface area contributed by atoms with Gasteiger partial charge in [0, 0.05) is 12.7 Å². The molecule has 2 N–H and O–H groups in total. The maximum absolute atomic E-state index is 11.6. The molecular weight excluding hydrogens is 236 g/mol. The van der Waals surface area contributed by atoms with Gasteiger partial charge in [-0.15, -0.1) is 0 Å². The van der Waals surface area contributed by atoms with Crippen LogP contribution in [0.5, 0.6) is 0 Å². The van der Waals surface area contributed by atoms with Gasteiger partial charge in [0.05, 0.1) is 0 Å². The van der Waals surface area contributed by atoms with Gasteiger partial charge in [0.25, 0.3) is 0 Å². The van der Waals surface area contributed by atoms with Crippen molar-refractivity contribution in [3.05, 3.63) is 47.7 Å². The lowest BCUT2D eigenvalue weighted by molar-refractivity contribution is 0.244. The number of benzene rings is 1. The third-order valence-electron chi connectivity index (χ3n) is 3.14. The zero-order valence-electron chi connectivity index (χ0n) is 12.3. The summed E-state index contributed by atoms with van der Waals surface area (Å²) in [7, 11) is 0. The van der Waals surface area contributed by atoms with Crippen molar-refractivity contribution >= 4 is 6.03 Å². The summed E-state index contributed by atoms with van der Waals surface area (Å²) < 4.78 is 0. The maximum Gasteiger partial charge on any atom is 0.318 e. The van der Waals surface area contributed by atoms with Crippen molar-refractivity contribution in [2.45, 2.75) is 34.1 Å². The first-order chi connectivity index (χ1) is 8.89. The van der Waals surface area contributed by atoms with E-state index in [0.29, 0.717) is 6.54 Å². The number of carbonyl (C=O) groups is 1. The monoisotopic (exact) mass is 260 g/mol. The van der Waals surface area contributed by atoms with Crippen LogP contribution in [0.2, 0.25) is 0 Å². The lowest BCUT2D eigenvalue weighted by Crippen LogP contribution is -2.34. The van der Waals surface area contributed by atoms with E-state index in [-0.39, 0.29) is 11.4 Å². The molecule has 0 unspecified atom stereocenters. The van der Waals surface area contributed by atoms with Crippen molar-refractivity contribution in [1.29, 1.82) is 0 Å². The fraction of sp³-hybridized carbons (Fsp3) is 0.438. The summed E-state index contributed by atoms with van der Waals surface area (Å²) >= 11 is 0. The van der Waals surface area contributed by atoms with Gasteiger partial charge in [0.15, 0.2) is 0 Å². The molecule has 0 fully saturated rings. The predicted molar refractivity (Wildman–Crippen MR) is 79.9 cm³/mol. The van der Waals surface area contributed by atoms with Crippen molar-refractivity contribution in [1.82, 2.24) is 10.6 Å². The molecule has 0 aliphatic carbocycles. The van der Waals surface area contributed by atoms with Crippen LogP contribution in [0, 0.1) is 5.41 Å². The molecule has 104 valence electrons. The van der Waals surface area contributed by atoms with Crippen molar-refractivity contribution < 1.29 is 4.79 Å². The summed E-state index contributed by atoms with van der Waals surface area (Å²) in [5.74, 6) is 0. The summed E-state index contributed by atoms with van der Waals surface area (Å²) in [5, 5.41) is 5.61. The van der Waals surface area contributed by atoms with E-state index in [1.54, 1.807) is 6.20 Å². The van der Waals surface area contributed by atoms with Gasteiger partial charge in [0.1, 0.15) is 0 Å². The first-order valence-electron chi connectivity index (χ1n) is 6.65. The summed E-state index contributed by atoms with van der Waals surface area (Å²) in [5.41, 5.74) is 2.45. The number of amides is 2. The molecule has 0 bridgehead atoms. The molecule has 1 rings (SSSR count). The van der Waals surface area contributed by atoms with Gasteiger partial charge < -0.3 is 10.6 Å². The van der Waals surface area contributed by atoms with Crippen LogP contribution in [0.15, 0.2) is 42.1 Å². The molecule has 19 heavy (non-hydrogen) atoms. The van der Waals surface area contributed by atoms with Crippen LogP contribution in [0.25, 0.3) is 0 Å². The number of hydrogen-bond donors (Lipinski definition) is 2. The Hall–Kier alpha value is -1.77. The molecule has 0 atom stereocenters. The maximum atomic E-state index is 11.6. The fourth-order valence-corrected chi connectivity index (χ4v) is 1.41. The number of allylic oxidation sites excluding steroid dienone is 1. The molecule has 3 heteroatoms. The van der Waals surface area contributed by atoms with Crippen LogP contribution in [-0.4, -0.2) is 12.6 Å². The van der Waals surface area contributed by atoms with E-state index in [9.17, 15) is 4.79 Å². The summed E-state index contributed by atoms with van der Waals surface area (Å²) in [6.07, 6.45) is 2.62. The van der Waals surface area contributed by atoms with Gasteiger partial charge in [-0.3, -0.25) is 0 Å². The Morgan fingerprint density at radius 1 is 1.21 bits per heavy atom. The van der Waals surface area contributed by atoms with E-state index in [1.165, 1.54) is 5.56 Å². The second-order valence-corrected chi connectivity index (χ2v) is 5.71. The third kappa shape index (κ3) is 6.09. The molecule has 0 spiro atoms. The van der Waals surface area contributed by atoms with Crippen molar-refractivity contribution in [2.75, 3.05) is 6.54 Å². The Morgan fingerprint density at radius 2 is 1.84 bits per heavy atom. The standard InChI is InChI=1S/C16H24N2O/c1-13(16(2,3)4)12-18-15(19)17-11-10-14-8-6-5-7-9-14/h5-9,12H,10-11H2,1-4H3,(H2,17,18,19)/b13-12+. The zero-order valence-corrected chi connectivity index (χ0v) is 12.3. The fourth-order valence-electron chi connectivity index (χ4n) is 1.41. The number of carbonyl (C=O) groups excluding carboxylic acids is 1. The van der Waals surface area contributed by atoms with E-state index >= 15 is 0 Å². The number of nitrogens with one attached hydrogen (secondary N) is 2. The molecule has 0 aliphatic rings. The first-order valence-corrected chi connectivity index (χ1v) is 6.65. The van der Waals surface area contributed by atoms with E-state index in [0.717, 1.165) is 12.0 Å². The lowest BCUT2D eigenvalue weighted by Gasteiger charge is -2.19. The normalized spacial score (nSPS) is 12.1. The molecular formula is C16H24N2O. The van der Waals surface area contributed by atoms with Crippen LogP contribution in [0.1, 0.15) is 33.3 Å². The average molecular weight is 260 g/mol. The summed E-state index contributed by atoms with van der Waals surface area (Å²) in [6.45, 7) is 9.01. The second-order valence-electron chi connectivity index (χ2n) is 5.71. The van der Waals surface area contributed by atoms with Gasteiger partial charge in [-0.25, -0.2) is 4.79 Å².